The van der Waals surface area contributed by atoms with Gasteiger partial charge in [-0.05, 0) is 45.2 Å². The molecule has 0 saturated heterocycles. The van der Waals surface area contributed by atoms with Crippen LogP contribution in [-0.2, 0) is 6.42 Å². The number of aryl methyl sites for hydroxylation is 2. The summed E-state index contributed by atoms with van der Waals surface area (Å²) in [5.41, 5.74) is 9.09. The molecule has 0 bridgehead atoms. The van der Waals surface area contributed by atoms with Gasteiger partial charge >= 0.3 is 0 Å². The first-order chi connectivity index (χ1) is 7.72. The molecule has 1 aromatic heterocycles. The molecule has 1 saturated carbocycles. The minimum Gasteiger partial charge on any atom is -0.330 e. The summed E-state index contributed by atoms with van der Waals surface area (Å²) in [4.78, 5) is 9.34. The van der Waals surface area contributed by atoms with E-state index in [0.29, 0.717) is 12.5 Å². The Morgan fingerprint density at radius 1 is 1.12 bits per heavy atom. The molecule has 0 amide bonds. The van der Waals surface area contributed by atoms with Crippen molar-refractivity contribution in [3.63, 3.8) is 0 Å². The van der Waals surface area contributed by atoms with E-state index in [1.807, 2.05) is 0 Å². The first kappa shape index (κ1) is 11.5. The Balaban J connectivity index is 2.28. The first-order valence-corrected chi connectivity index (χ1v) is 6.26. The van der Waals surface area contributed by atoms with Crippen LogP contribution in [0.5, 0.6) is 0 Å². The number of hydrogen-bond donors (Lipinski definition) is 1. The number of rotatable bonds is 3. The maximum absolute atomic E-state index is 5.60. The predicted molar refractivity (Wildman–Crippen MR) is 65.5 cm³/mol. The van der Waals surface area contributed by atoms with Crippen molar-refractivity contribution in [2.45, 2.75) is 51.9 Å². The van der Waals surface area contributed by atoms with Crippen molar-refractivity contribution in [2.75, 3.05) is 6.54 Å². The summed E-state index contributed by atoms with van der Waals surface area (Å²) < 4.78 is 0. The van der Waals surface area contributed by atoms with Crippen molar-refractivity contribution in [1.82, 2.24) is 9.97 Å². The molecule has 1 heterocycles. The molecule has 88 valence electrons. The molecule has 0 unspecified atom stereocenters. The van der Waals surface area contributed by atoms with Gasteiger partial charge in [0.05, 0.1) is 0 Å². The summed E-state index contributed by atoms with van der Waals surface area (Å²) >= 11 is 0. The van der Waals surface area contributed by atoms with Gasteiger partial charge in [-0.2, -0.15) is 0 Å². The summed E-state index contributed by atoms with van der Waals surface area (Å²) in [6.07, 6.45) is 6.07. The molecular weight excluding hydrogens is 198 g/mol. The normalized spacial score (nSPS) is 16.9. The summed E-state index contributed by atoms with van der Waals surface area (Å²) in [6.45, 7) is 4.84. The largest absolute Gasteiger partial charge is 0.330 e. The highest BCUT2D eigenvalue weighted by atomic mass is 14.9. The molecule has 1 aliphatic rings. The Labute approximate surface area is 97.5 Å². The molecule has 0 radical (unpaired) electrons. The standard InChI is InChI=1S/C13H21N3/c1-9-12(7-8-14)10(2)16-13(15-9)11-5-3-4-6-11/h11H,3-8,14H2,1-2H3. The van der Waals surface area contributed by atoms with Gasteiger partial charge < -0.3 is 5.73 Å². The Morgan fingerprint density at radius 2 is 1.69 bits per heavy atom. The van der Waals surface area contributed by atoms with E-state index < -0.39 is 0 Å². The lowest BCUT2D eigenvalue weighted by Crippen LogP contribution is -2.11. The average molecular weight is 219 g/mol. The molecule has 1 aliphatic carbocycles. The van der Waals surface area contributed by atoms with Gasteiger partial charge in [-0.3, -0.25) is 0 Å². The molecule has 0 spiro atoms. The van der Waals surface area contributed by atoms with Crippen LogP contribution in [0.15, 0.2) is 0 Å². The quantitative estimate of drug-likeness (QED) is 0.848. The van der Waals surface area contributed by atoms with E-state index in [1.165, 1.54) is 31.2 Å². The second kappa shape index (κ2) is 4.91. The number of nitrogens with two attached hydrogens (primary N) is 1. The maximum Gasteiger partial charge on any atom is 0.131 e. The Hall–Kier alpha value is -0.960. The fourth-order valence-corrected chi connectivity index (χ4v) is 2.64. The van der Waals surface area contributed by atoms with Crippen LogP contribution in [0.1, 0.15) is 54.4 Å². The molecule has 2 N–H and O–H groups in total. The third-order valence-corrected chi connectivity index (χ3v) is 3.55. The van der Waals surface area contributed by atoms with E-state index in [-0.39, 0.29) is 0 Å². The third kappa shape index (κ3) is 2.24. The van der Waals surface area contributed by atoms with Crippen molar-refractivity contribution in [1.29, 1.82) is 0 Å². The van der Waals surface area contributed by atoms with E-state index in [1.54, 1.807) is 0 Å². The van der Waals surface area contributed by atoms with E-state index in [4.69, 9.17) is 5.73 Å². The van der Waals surface area contributed by atoms with Gasteiger partial charge in [0, 0.05) is 17.3 Å². The second-order valence-electron chi connectivity index (χ2n) is 4.75. The maximum atomic E-state index is 5.60. The SMILES string of the molecule is Cc1nc(C2CCCC2)nc(C)c1CCN. The predicted octanol–water partition coefficient (Wildman–Crippen LogP) is 2.25. The molecule has 0 atom stereocenters. The molecule has 0 aromatic carbocycles. The van der Waals surface area contributed by atoms with Gasteiger partial charge in [0.1, 0.15) is 5.82 Å². The van der Waals surface area contributed by atoms with Crippen molar-refractivity contribution in [2.24, 2.45) is 5.73 Å². The zero-order valence-corrected chi connectivity index (χ0v) is 10.3. The molecule has 16 heavy (non-hydrogen) atoms. The van der Waals surface area contributed by atoms with Crippen LogP contribution in [0, 0.1) is 13.8 Å². The Kier molecular flexibility index (Phi) is 3.54. The fraction of sp³-hybridized carbons (Fsp3) is 0.692. The summed E-state index contributed by atoms with van der Waals surface area (Å²) in [6, 6.07) is 0. The Bertz CT molecular complexity index is 344. The fourth-order valence-electron chi connectivity index (χ4n) is 2.64. The number of hydrogen-bond acceptors (Lipinski definition) is 3. The van der Waals surface area contributed by atoms with Crippen LogP contribution in [0.25, 0.3) is 0 Å². The smallest absolute Gasteiger partial charge is 0.131 e. The van der Waals surface area contributed by atoms with Gasteiger partial charge in [-0.1, -0.05) is 12.8 Å². The second-order valence-corrected chi connectivity index (χ2v) is 4.75. The van der Waals surface area contributed by atoms with Crippen LogP contribution in [0.4, 0.5) is 0 Å². The van der Waals surface area contributed by atoms with Gasteiger partial charge in [0.2, 0.25) is 0 Å². The number of aromatic nitrogens is 2. The lowest BCUT2D eigenvalue weighted by molar-refractivity contribution is 0.655. The van der Waals surface area contributed by atoms with Crippen molar-refractivity contribution in [3.05, 3.63) is 22.8 Å². The molecule has 1 fully saturated rings. The lowest BCUT2D eigenvalue weighted by atomic mass is 10.0. The van der Waals surface area contributed by atoms with Gasteiger partial charge in [0.25, 0.3) is 0 Å². The monoisotopic (exact) mass is 219 g/mol. The highest BCUT2D eigenvalue weighted by Gasteiger charge is 2.21. The summed E-state index contributed by atoms with van der Waals surface area (Å²) in [5.74, 6) is 1.66. The molecule has 3 nitrogen and oxygen atoms in total. The molecule has 2 rings (SSSR count). The number of nitrogens with zero attached hydrogens (tertiary/aromatic N) is 2. The van der Waals surface area contributed by atoms with Gasteiger partial charge in [-0.25, -0.2) is 9.97 Å². The zero-order chi connectivity index (χ0) is 11.5. The van der Waals surface area contributed by atoms with Crippen LogP contribution in [0.3, 0.4) is 0 Å². The molecule has 1 aromatic rings. The topological polar surface area (TPSA) is 51.8 Å². The molecule has 0 aliphatic heterocycles. The average Bonchev–Trinajstić information content (AvgIpc) is 2.76. The highest BCUT2D eigenvalue weighted by molar-refractivity contribution is 5.25. The summed E-state index contributed by atoms with van der Waals surface area (Å²) in [7, 11) is 0. The van der Waals surface area contributed by atoms with Crippen LogP contribution < -0.4 is 5.73 Å². The minimum atomic E-state index is 0.601. The lowest BCUT2D eigenvalue weighted by Gasteiger charge is -2.13. The first-order valence-electron chi connectivity index (χ1n) is 6.26. The van der Waals surface area contributed by atoms with Crippen molar-refractivity contribution >= 4 is 0 Å². The minimum absolute atomic E-state index is 0.601. The van der Waals surface area contributed by atoms with Crippen molar-refractivity contribution in [3.8, 4) is 0 Å². The van der Waals surface area contributed by atoms with E-state index in [9.17, 15) is 0 Å². The van der Waals surface area contributed by atoms with Crippen LogP contribution in [-0.4, -0.2) is 16.5 Å². The summed E-state index contributed by atoms with van der Waals surface area (Å²) in [5, 5.41) is 0. The van der Waals surface area contributed by atoms with E-state index in [0.717, 1.165) is 23.6 Å². The van der Waals surface area contributed by atoms with Gasteiger partial charge in [-0.15, -0.1) is 0 Å². The molecular formula is C13H21N3. The molecule has 3 heteroatoms. The van der Waals surface area contributed by atoms with Gasteiger partial charge in [0.15, 0.2) is 0 Å². The van der Waals surface area contributed by atoms with Crippen molar-refractivity contribution < 1.29 is 0 Å². The van der Waals surface area contributed by atoms with Crippen LogP contribution in [0.2, 0.25) is 0 Å². The zero-order valence-electron chi connectivity index (χ0n) is 10.3. The van der Waals surface area contributed by atoms with E-state index >= 15 is 0 Å². The highest BCUT2D eigenvalue weighted by Crippen LogP contribution is 2.32. The van der Waals surface area contributed by atoms with E-state index in [2.05, 4.69) is 23.8 Å². The van der Waals surface area contributed by atoms with Crippen LogP contribution >= 0.6 is 0 Å². The Morgan fingerprint density at radius 3 is 2.19 bits per heavy atom. The third-order valence-electron chi connectivity index (χ3n) is 3.55.